The highest BCUT2D eigenvalue weighted by Gasteiger charge is 2.30. The Balaban J connectivity index is 1.93. The third kappa shape index (κ3) is 5.52. The zero-order valence-electron chi connectivity index (χ0n) is 13.0. The minimum Gasteiger partial charge on any atom is -0.465 e. The van der Waals surface area contributed by atoms with E-state index in [0.717, 1.165) is 18.2 Å². The number of benzene rings is 1. The van der Waals surface area contributed by atoms with Gasteiger partial charge in [-0.1, -0.05) is 6.07 Å². The zero-order chi connectivity index (χ0) is 18.4. The maximum Gasteiger partial charge on any atom is 0.416 e. The maximum atomic E-state index is 12.6. The first-order valence-corrected chi connectivity index (χ1v) is 7.16. The molecule has 8 heteroatoms. The number of carbonyl (C=O) groups is 2. The van der Waals surface area contributed by atoms with Crippen molar-refractivity contribution in [3.8, 4) is 0 Å². The molecule has 25 heavy (non-hydrogen) atoms. The molecule has 0 saturated carbocycles. The smallest absolute Gasteiger partial charge is 0.416 e. The number of halogens is 3. The Morgan fingerprint density at radius 3 is 2.64 bits per heavy atom. The molecular formula is C17H14F3NO4. The fourth-order valence-corrected chi connectivity index (χ4v) is 1.82. The maximum absolute atomic E-state index is 12.6. The van der Waals surface area contributed by atoms with Crippen molar-refractivity contribution in [2.45, 2.75) is 19.2 Å². The number of furan rings is 1. The van der Waals surface area contributed by atoms with Crippen LogP contribution in [0.15, 0.2) is 53.2 Å². The van der Waals surface area contributed by atoms with E-state index in [1.807, 2.05) is 0 Å². The number of anilines is 1. The van der Waals surface area contributed by atoms with Gasteiger partial charge in [0.15, 0.2) is 6.10 Å². The van der Waals surface area contributed by atoms with Gasteiger partial charge < -0.3 is 14.5 Å². The third-order valence-electron chi connectivity index (χ3n) is 3.05. The van der Waals surface area contributed by atoms with Crippen molar-refractivity contribution in [1.82, 2.24) is 0 Å². The number of alkyl halides is 3. The third-order valence-corrected chi connectivity index (χ3v) is 3.05. The van der Waals surface area contributed by atoms with Gasteiger partial charge in [-0.25, -0.2) is 4.79 Å². The Kier molecular flexibility index (Phi) is 5.63. The summed E-state index contributed by atoms with van der Waals surface area (Å²) in [5.74, 6) is -1.11. The molecule has 5 nitrogen and oxygen atoms in total. The van der Waals surface area contributed by atoms with Crippen molar-refractivity contribution in [3.05, 3.63) is 60.1 Å². The fourth-order valence-electron chi connectivity index (χ4n) is 1.82. The second-order valence-electron chi connectivity index (χ2n) is 5.00. The highest BCUT2D eigenvalue weighted by Crippen LogP contribution is 2.30. The van der Waals surface area contributed by atoms with Gasteiger partial charge in [-0.05, 0) is 43.3 Å². The lowest BCUT2D eigenvalue weighted by Crippen LogP contribution is -2.29. The van der Waals surface area contributed by atoms with Crippen LogP contribution in [0.1, 0.15) is 18.2 Å². The molecule has 132 valence electrons. The van der Waals surface area contributed by atoms with Crippen molar-refractivity contribution in [3.63, 3.8) is 0 Å². The number of nitrogens with one attached hydrogen (secondary N) is 1. The number of carbonyl (C=O) groups excluding carboxylic acids is 2. The predicted octanol–water partition coefficient (Wildman–Crippen LogP) is 3.88. The molecule has 1 atom stereocenters. The normalized spacial score (nSPS) is 12.8. The summed E-state index contributed by atoms with van der Waals surface area (Å²) in [6, 6.07) is 7.41. The van der Waals surface area contributed by atoms with E-state index in [1.54, 1.807) is 12.1 Å². The van der Waals surface area contributed by atoms with E-state index < -0.39 is 29.7 Å². The fraction of sp³-hybridized carbons (Fsp3) is 0.176. The van der Waals surface area contributed by atoms with E-state index in [4.69, 9.17) is 9.15 Å². The van der Waals surface area contributed by atoms with Gasteiger partial charge in [0.25, 0.3) is 5.91 Å². The molecule has 0 aliphatic rings. The monoisotopic (exact) mass is 353 g/mol. The average molecular weight is 353 g/mol. The van der Waals surface area contributed by atoms with Gasteiger partial charge in [-0.2, -0.15) is 13.2 Å². The van der Waals surface area contributed by atoms with E-state index in [-0.39, 0.29) is 5.69 Å². The van der Waals surface area contributed by atoms with Gasteiger partial charge >= 0.3 is 12.1 Å². The minimum absolute atomic E-state index is 0.0474. The van der Waals surface area contributed by atoms with Gasteiger partial charge in [-0.3, -0.25) is 4.79 Å². The van der Waals surface area contributed by atoms with Gasteiger partial charge in [0, 0.05) is 11.8 Å². The predicted molar refractivity (Wildman–Crippen MR) is 83.4 cm³/mol. The van der Waals surface area contributed by atoms with Gasteiger partial charge in [0.05, 0.1) is 11.8 Å². The summed E-state index contributed by atoms with van der Waals surface area (Å²) < 4.78 is 47.8. The van der Waals surface area contributed by atoms with Gasteiger partial charge in [-0.15, -0.1) is 0 Å². The van der Waals surface area contributed by atoms with E-state index in [2.05, 4.69) is 5.32 Å². The summed E-state index contributed by atoms with van der Waals surface area (Å²) in [5, 5.41) is 2.27. The van der Waals surface area contributed by atoms with E-state index in [1.165, 1.54) is 31.4 Å². The Bertz CT molecular complexity index is 766. The molecule has 0 aliphatic heterocycles. The second-order valence-corrected chi connectivity index (χ2v) is 5.00. The van der Waals surface area contributed by atoms with Gasteiger partial charge in [0.1, 0.15) is 5.76 Å². The summed E-state index contributed by atoms with van der Waals surface area (Å²) in [5.41, 5.74) is -0.940. The molecule has 1 aromatic heterocycles. The molecule has 0 unspecified atom stereocenters. The van der Waals surface area contributed by atoms with Crippen LogP contribution in [-0.2, 0) is 20.5 Å². The summed E-state index contributed by atoms with van der Waals surface area (Å²) >= 11 is 0. The van der Waals surface area contributed by atoms with Crippen molar-refractivity contribution in [2.75, 3.05) is 5.32 Å². The van der Waals surface area contributed by atoms with E-state index in [9.17, 15) is 22.8 Å². The van der Waals surface area contributed by atoms with Crippen molar-refractivity contribution in [1.29, 1.82) is 0 Å². The number of esters is 1. The van der Waals surface area contributed by atoms with Crippen LogP contribution in [-0.4, -0.2) is 18.0 Å². The first-order valence-electron chi connectivity index (χ1n) is 7.16. The summed E-state index contributed by atoms with van der Waals surface area (Å²) in [7, 11) is 0. The first kappa shape index (κ1) is 18.3. The Morgan fingerprint density at radius 1 is 1.24 bits per heavy atom. The van der Waals surface area contributed by atoms with Crippen LogP contribution in [0.4, 0.5) is 18.9 Å². The van der Waals surface area contributed by atoms with Crippen LogP contribution in [0.25, 0.3) is 6.08 Å². The minimum atomic E-state index is -4.52. The summed E-state index contributed by atoms with van der Waals surface area (Å²) in [4.78, 5) is 23.5. The molecule has 1 amide bonds. The van der Waals surface area contributed by atoms with Crippen LogP contribution in [0.2, 0.25) is 0 Å². The SMILES string of the molecule is C[C@H](OC(=O)/C=C/c1ccco1)C(=O)Nc1cccc(C(F)(F)F)c1. The molecule has 0 radical (unpaired) electrons. The lowest BCUT2D eigenvalue weighted by molar-refractivity contribution is -0.148. The molecular weight excluding hydrogens is 339 g/mol. The molecule has 0 fully saturated rings. The Morgan fingerprint density at radius 2 is 2.00 bits per heavy atom. The van der Waals surface area contributed by atoms with Gasteiger partial charge in [0.2, 0.25) is 0 Å². The van der Waals surface area contributed by atoms with Crippen LogP contribution in [0.5, 0.6) is 0 Å². The standard InChI is InChI=1S/C17H14F3NO4/c1-11(25-15(22)8-7-14-6-3-9-24-14)16(23)21-13-5-2-4-12(10-13)17(18,19)20/h2-11H,1H3,(H,21,23)/b8-7+/t11-/m0/s1. The number of hydrogen-bond acceptors (Lipinski definition) is 4. The van der Waals surface area contributed by atoms with Crippen molar-refractivity contribution < 1.29 is 31.9 Å². The van der Waals surface area contributed by atoms with E-state index in [0.29, 0.717) is 5.76 Å². The lowest BCUT2D eigenvalue weighted by Gasteiger charge is -2.13. The number of amides is 1. The molecule has 0 saturated heterocycles. The largest absolute Gasteiger partial charge is 0.465 e. The highest BCUT2D eigenvalue weighted by molar-refractivity contribution is 5.96. The molecule has 0 aliphatic carbocycles. The molecule has 2 aromatic rings. The van der Waals surface area contributed by atoms with Crippen LogP contribution >= 0.6 is 0 Å². The molecule has 1 N–H and O–H groups in total. The summed E-state index contributed by atoms with van der Waals surface area (Å²) in [6.07, 6.45) is -1.85. The number of hydrogen-bond donors (Lipinski definition) is 1. The Labute approximate surface area is 141 Å². The van der Waals surface area contributed by atoms with Crippen molar-refractivity contribution >= 4 is 23.6 Å². The number of ether oxygens (including phenoxy) is 1. The zero-order valence-corrected chi connectivity index (χ0v) is 13.0. The Hall–Kier alpha value is -3.03. The second kappa shape index (κ2) is 7.69. The topological polar surface area (TPSA) is 68.5 Å². The average Bonchev–Trinajstić information content (AvgIpc) is 3.05. The van der Waals surface area contributed by atoms with Crippen molar-refractivity contribution in [2.24, 2.45) is 0 Å². The van der Waals surface area contributed by atoms with Crippen LogP contribution < -0.4 is 5.32 Å². The van der Waals surface area contributed by atoms with Crippen LogP contribution in [0, 0.1) is 0 Å². The highest BCUT2D eigenvalue weighted by atomic mass is 19.4. The quantitative estimate of drug-likeness (QED) is 0.654. The van der Waals surface area contributed by atoms with E-state index >= 15 is 0 Å². The first-order chi connectivity index (χ1) is 11.8. The molecule has 0 bridgehead atoms. The molecule has 1 aromatic carbocycles. The lowest BCUT2D eigenvalue weighted by atomic mass is 10.2. The molecule has 2 rings (SSSR count). The number of rotatable bonds is 5. The molecule has 0 spiro atoms. The molecule has 1 heterocycles. The van der Waals surface area contributed by atoms with Crippen LogP contribution in [0.3, 0.4) is 0 Å². The summed E-state index contributed by atoms with van der Waals surface area (Å²) in [6.45, 7) is 1.31.